The maximum absolute atomic E-state index is 5.11. The van der Waals surface area contributed by atoms with Crippen LogP contribution in [-0.2, 0) is 11.8 Å². The maximum Gasteiger partial charge on any atom is 0.181 e. The van der Waals surface area contributed by atoms with Crippen molar-refractivity contribution in [3.63, 3.8) is 0 Å². The summed E-state index contributed by atoms with van der Waals surface area (Å²) >= 11 is 0. The lowest BCUT2D eigenvalue weighted by atomic mass is 9.70. The Kier molecular flexibility index (Phi) is 3.31. The van der Waals surface area contributed by atoms with Gasteiger partial charge in [-0.2, -0.15) is 5.10 Å². The monoisotopic (exact) mass is 340 g/mol. The first-order valence-electron chi connectivity index (χ1n) is 8.49. The molecule has 1 aliphatic rings. The molecule has 3 aromatic heterocycles. The van der Waals surface area contributed by atoms with Gasteiger partial charge in [-0.1, -0.05) is 48.6 Å². The Morgan fingerprint density at radius 1 is 1.00 bits per heavy atom. The van der Waals surface area contributed by atoms with Crippen molar-refractivity contribution in [1.82, 2.24) is 20.2 Å². The Morgan fingerprint density at radius 2 is 1.88 bits per heavy atom. The highest BCUT2D eigenvalue weighted by molar-refractivity contribution is 5.74. The molecule has 3 heterocycles. The number of hydrogen-bond donors (Lipinski definition) is 1. The molecule has 0 bridgehead atoms. The number of benzene rings is 1. The molecule has 126 valence electrons. The number of allylic oxidation sites excluding steroid dienone is 1. The van der Waals surface area contributed by atoms with Gasteiger partial charge < -0.3 is 4.42 Å². The zero-order chi connectivity index (χ0) is 17.4. The highest BCUT2D eigenvalue weighted by Crippen LogP contribution is 2.41. The average Bonchev–Trinajstić information content (AvgIpc) is 3.38. The van der Waals surface area contributed by atoms with Crippen LogP contribution in [0.3, 0.4) is 0 Å². The molecular weight excluding hydrogens is 324 g/mol. The number of rotatable bonds is 3. The molecule has 0 saturated heterocycles. The van der Waals surface area contributed by atoms with E-state index in [9.17, 15) is 0 Å². The van der Waals surface area contributed by atoms with Crippen molar-refractivity contribution in [2.24, 2.45) is 0 Å². The van der Waals surface area contributed by atoms with Crippen molar-refractivity contribution in [2.75, 3.05) is 0 Å². The Balaban J connectivity index is 1.67. The quantitative estimate of drug-likeness (QED) is 0.612. The molecule has 0 spiro atoms. The van der Waals surface area contributed by atoms with Crippen LogP contribution in [0.1, 0.15) is 22.5 Å². The summed E-state index contributed by atoms with van der Waals surface area (Å²) in [6.45, 7) is 0. The van der Waals surface area contributed by atoms with Crippen molar-refractivity contribution < 1.29 is 4.42 Å². The summed E-state index contributed by atoms with van der Waals surface area (Å²) in [5, 5.41) is 7.67. The maximum atomic E-state index is 5.11. The van der Waals surface area contributed by atoms with E-state index in [0.717, 1.165) is 34.8 Å². The van der Waals surface area contributed by atoms with Crippen LogP contribution in [0.4, 0.5) is 0 Å². The third-order valence-electron chi connectivity index (χ3n) is 4.96. The number of oxazole rings is 1. The third kappa shape index (κ3) is 2.21. The first kappa shape index (κ1) is 14.8. The van der Waals surface area contributed by atoms with Crippen LogP contribution >= 0.6 is 0 Å². The number of H-pyrrole nitrogens is 1. The second-order valence-electron chi connectivity index (χ2n) is 6.40. The summed E-state index contributed by atoms with van der Waals surface area (Å²) in [6.07, 6.45) is 9.98. The lowest BCUT2D eigenvalue weighted by Crippen LogP contribution is -2.31. The fourth-order valence-electron chi connectivity index (χ4n) is 3.67. The molecule has 1 N–H and O–H groups in total. The van der Waals surface area contributed by atoms with Crippen LogP contribution in [-0.4, -0.2) is 20.2 Å². The molecule has 0 amide bonds. The van der Waals surface area contributed by atoms with Gasteiger partial charge in [0.2, 0.25) is 0 Å². The van der Waals surface area contributed by atoms with E-state index in [4.69, 9.17) is 4.42 Å². The van der Waals surface area contributed by atoms with Crippen LogP contribution in [0.5, 0.6) is 0 Å². The summed E-state index contributed by atoms with van der Waals surface area (Å²) in [5.41, 5.74) is 5.57. The van der Waals surface area contributed by atoms with Gasteiger partial charge in [-0.25, -0.2) is 4.98 Å². The van der Waals surface area contributed by atoms with E-state index in [-0.39, 0.29) is 5.41 Å². The van der Waals surface area contributed by atoms with Crippen LogP contribution in [0.25, 0.3) is 17.5 Å². The molecule has 0 fully saturated rings. The number of pyridine rings is 1. The van der Waals surface area contributed by atoms with E-state index in [1.807, 2.05) is 24.4 Å². The fourth-order valence-corrected chi connectivity index (χ4v) is 3.67. The Bertz CT molecular complexity index is 1010. The highest BCUT2D eigenvalue weighted by Gasteiger charge is 2.37. The Morgan fingerprint density at radius 3 is 2.65 bits per heavy atom. The summed E-state index contributed by atoms with van der Waals surface area (Å²) < 4.78 is 5.11. The van der Waals surface area contributed by atoms with Gasteiger partial charge >= 0.3 is 0 Å². The first-order chi connectivity index (χ1) is 12.9. The summed E-state index contributed by atoms with van der Waals surface area (Å²) in [6, 6.07) is 16.5. The molecule has 5 nitrogen and oxygen atoms in total. The van der Waals surface area contributed by atoms with Gasteiger partial charge in [-0.05, 0) is 17.7 Å². The molecule has 1 aliphatic carbocycles. The largest absolute Gasteiger partial charge is 0.451 e. The molecule has 26 heavy (non-hydrogen) atoms. The Hall–Kier alpha value is -3.47. The van der Waals surface area contributed by atoms with Crippen molar-refractivity contribution >= 4 is 6.08 Å². The van der Waals surface area contributed by atoms with Gasteiger partial charge in [-0.3, -0.25) is 10.1 Å². The van der Waals surface area contributed by atoms with Gasteiger partial charge in [0.25, 0.3) is 0 Å². The highest BCUT2D eigenvalue weighted by atomic mass is 16.3. The number of nitrogens with zero attached hydrogens (tertiary/aromatic N) is 3. The van der Waals surface area contributed by atoms with E-state index in [0.29, 0.717) is 0 Å². The Labute approximate surface area is 150 Å². The standard InChI is InChI=1S/C21H16N4O/c1-2-6-15(7-3-1)21(19-8-4-5-11-22-19)10-9-16-17(12-21)24-25-20(16)18-13-26-14-23-18/h1-11,13-14H,12H2,(H,24,25). The van der Waals surface area contributed by atoms with E-state index < -0.39 is 0 Å². The SMILES string of the molecule is C1=CC(c2ccccc2)(c2ccccn2)Cc2[nH]nc(-c3cocn3)c21. The topological polar surface area (TPSA) is 67.6 Å². The minimum absolute atomic E-state index is 0.330. The molecule has 5 heteroatoms. The van der Waals surface area contributed by atoms with Gasteiger partial charge in [0.05, 0.1) is 11.1 Å². The van der Waals surface area contributed by atoms with Crippen LogP contribution < -0.4 is 0 Å². The van der Waals surface area contributed by atoms with E-state index in [1.165, 1.54) is 12.0 Å². The van der Waals surface area contributed by atoms with Crippen molar-refractivity contribution in [1.29, 1.82) is 0 Å². The predicted octanol–water partition coefficient (Wildman–Crippen LogP) is 4.02. The molecule has 1 aromatic carbocycles. The average molecular weight is 340 g/mol. The van der Waals surface area contributed by atoms with Crippen molar-refractivity contribution in [3.05, 3.63) is 96.0 Å². The minimum atomic E-state index is -0.330. The molecule has 0 saturated carbocycles. The van der Waals surface area contributed by atoms with E-state index >= 15 is 0 Å². The number of aromatic nitrogens is 4. The smallest absolute Gasteiger partial charge is 0.181 e. The van der Waals surface area contributed by atoms with Gasteiger partial charge in [-0.15, -0.1) is 0 Å². The number of fused-ring (bicyclic) bond motifs is 1. The van der Waals surface area contributed by atoms with Crippen LogP contribution in [0.15, 0.2) is 77.9 Å². The minimum Gasteiger partial charge on any atom is -0.451 e. The van der Waals surface area contributed by atoms with Gasteiger partial charge in [0.1, 0.15) is 17.7 Å². The molecule has 1 unspecified atom stereocenters. The predicted molar refractivity (Wildman–Crippen MR) is 98.3 cm³/mol. The van der Waals surface area contributed by atoms with Crippen LogP contribution in [0.2, 0.25) is 0 Å². The molecule has 5 rings (SSSR count). The zero-order valence-corrected chi connectivity index (χ0v) is 14.0. The third-order valence-corrected chi connectivity index (χ3v) is 4.96. The lowest BCUT2D eigenvalue weighted by Gasteiger charge is -2.33. The number of nitrogens with one attached hydrogen (secondary N) is 1. The summed E-state index contributed by atoms with van der Waals surface area (Å²) in [7, 11) is 0. The van der Waals surface area contributed by atoms with E-state index in [1.54, 1.807) is 6.26 Å². The first-order valence-corrected chi connectivity index (χ1v) is 8.49. The number of hydrogen-bond acceptors (Lipinski definition) is 4. The summed E-state index contributed by atoms with van der Waals surface area (Å²) in [4.78, 5) is 8.89. The van der Waals surface area contributed by atoms with Gasteiger partial charge in [0, 0.05) is 23.9 Å². The fraction of sp³-hybridized carbons (Fsp3) is 0.0952. The van der Waals surface area contributed by atoms with E-state index in [2.05, 4.69) is 62.6 Å². The van der Waals surface area contributed by atoms with Crippen molar-refractivity contribution in [2.45, 2.75) is 11.8 Å². The van der Waals surface area contributed by atoms with Crippen LogP contribution in [0, 0.1) is 0 Å². The normalized spacial score (nSPS) is 18.6. The zero-order valence-electron chi connectivity index (χ0n) is 14.0. The molecule has 0 aliphatic heterocycles. The second-order valence-corrected chi connectivity index (χ2v) is 6.40. The molecule has 0 radical (unpaired) electrons. The van der Waals surface area contributed by atoms with Gasteiger partial charge in [0.15, 0.2) is 6.39 Å². The molecule has 4 aromatic rings. The second kappa shape index (κ2) is 5.81. The van der Waals surface area contributed by atoms with Crippen molar-refractivity contribution in [3.8, 4) is 11.4 Å². The molecular formula is C21H16N4O. The number of aromatic amines is 1. The lowest BCUT2D eigenvalue weighted by molar-refractivity contribution is 0.558. The summed E-state index contributed by atoms with van der Waals surface area (Å²) in [5.74, 6) is 0. The molecule has 1 atom stereocenters.